The Kier molecular flexibility index (Phi) is 4.13. The van der Waals surface area contributed by atoms with Crippen LogP contribution in [-0.4, -0.2) is 20.8 Å². The number of aromatic hydroxyl groups is 1. The third-order valence-corrected chi connectivity index (χ3v) is 5.95. The average molecular weight is 391 g/mol. The van der Waals surface area contributed by atoms with Gasteiger partial charge >= 0.3 is 5.69 Å². The average Bonchev–Trinajstić information content (AvgIpc) is 3.40. The van der Waals surface area contributed by atoms with Gasteiger partial charge in [0.25, 0.3) is 0 Å². The van der Waals surface area contributed by atoms with Crippen molar-refractivity contribution in [1.29, 1.82) is 0 Å². The van der Waals surface area contributed by atoms with Crippen LogP contribution in [0.2, 0.25) is 0 Å². The second kappa shape index (κ2) is 6.70. The lowest BCUT2D eigenvalue weighted by molar-refractivity contribution is 0.429. The molecular weight excluding hydrogens is 366 g/mol. The SMILES string of the molecule is Cc1c(-c2ccc(Cn3cc(O)n(C)c3=O)cc2)ccc2c1NNN2CC1CC1. The molecule has 0 spiro atoms. The first-order chi connectivity index (χ1) is 14.0. The number of hydrogen-bond donors (Lipinski definition) is 3. The second-order valence-corrected chi connectivity index (χ2v) is 8.08. The van der Waals surface area contributed by atoms with Crippen LogP contribution in [0.4, 0.5) is 11.4 Å². The molecule has 1 aliphatic carbocycles. The monoisotopic (exact) mass is 391 g/mol. The van der Waals surface area contributed by atoms with Gasteiger partial charge in [-0.3, -0.25) is 14.1 Å². The molecule has 1 saturated carbocycles. The van der Waals surface area contributed by atoms with E-state index < -0.39 is 0 Å². The van der Waals surface area contributed by atoms with Gasteiger partial charge in [-0.05, 0) is 54.0 Å². The Balaban J connectivity index is 1.39. The number of hydrazine groups is 2. The number of nitrogens with zero attached hydrogens (tertiary/aromatic N) is 3. The van der Waals surface area contributed by atoms with Crippen LogP contribution in [0.1, 0.15) is 24.0 Å². The highest BCUT2D eigenvalue weighted by Crippen LogP contribution is 2.40. The van der Waals surface area contributed by atoms with Crippen LogP contribution < -0.4 is 21.7 Å². The number of fused-ring (bicyclic) bond motifs is 1. The van der Waals surface area contributed by atoms with Gasteiger partial charge in [0.2, 0.25) is 5.88 Å². The smallest absolute Gasteiger partial charge is 0.331 e. The van der Waals surface area contributed by atoms with Crippen molar-refractivity contribution in [3.63, 3.8) is 0 Å². The fourth-order valence-electron chi connectivity index (χ4n) is 3.95. The molecule has 0 saturated heterocycles. The number of aromatic nitrogens is 2. The van der Waals surface area contributed by atoms with Crippen LogP contribution >= 0.6 is 0 Å². The molecule has 0 unspecified atom stereocenters. The summed E-state index contributed by atoms with van der Waals surface area (Å²) in [6, 6.07) is 12.6. The summed E-state index contributed by atoms with van der Waals surface area (Å²) in [6.45, 7) is 3.61. The lowest BCUT2D eigenvalue weighted by atomic mass is 9.97. The van der Waals surface area contributed by atoms with Crippen LogP contribution in [0.25, 0.3) is 11.1 Å². The van der Waals surface area contributed by atoms with Crippen molar-refractivity contribution in [2.75, 3.05) is 17.0 Å². The second-order valence-electron chi connectivity index (χ2n) is 8.08. The predicted molar refractivity (Wildman–Crippen MR) is 114 cm³/mol. The van der Waals surface area contributed by atoms with Gasteiger partial charge < -0.3 is 10.5 Å². The summed E-state index contributed by atoms with van der Waals surface area (Å²) in [7, 11) is 1.56. The standard InChI is InChI=1S/C22H25N5O2/c1-14-18(9-10-19-21(14)23-24-27(19)12-16-3-4-16)17-7-5-15(6-8-17)11-26-13-20(28)25(2)22(26)29/h5-10,13,16,23-24,28H,3-4,11-12H2,1-2H3. The molecule has 2 aromatic carbocycles. The molecule has 29 heavy (non-hydrogen) atoms. The Labute approximate surface area is 169 Å². The third-order valence-electron chi connectivity index (χ3n) is 5.95. The molecular formula is C22H25N5O2. The molecule has 0 radical (unpaired) electrons. The van der Waals surface area contributed by atoms with E-state index in [1.165, 1.54) is 45.0 Å². The van der Waals surface area contributed by atoms with Crippen LogP contribution in [0, 0.1) is 12.8 Å². The van der Waals surface area contributed by atoms with E-state index in [9.17, 15) is 9.90 Å². The van der Waals surface area contributed by atoms with Gasteiger partial charge in [0.1, 0.15) is 0 Å². The highest BCUT2D eigenvalue weighted by atomic mass is 16.3. The van der Waals surface area contributed by atoms with Crippen molar-refractivity contribution < 1.29 is 5.11 Å². The van der Waals surface area contributed by atoms with Gasteiger partial charge in [0.05, 0.1) is 24.1 Å². The van der Waals surface area contributed by atoms with Gasteiger partial charge in [-0.15, -0.1) is 5.53 Å². The molecule has 1 aromatic heterocycles. The van der Waals surface area contributed by atoms with E-state index in [-0.39, 0.29) is 11.6 Å². The summed E-state index contributed by atoms with van der Waals surface area (Å²) in [4.78, 5) is 12.1. The van der Waals surface area contributed by atoms with Crippen molar-refractivity contribution in [2.45, 2.75) is 26.3 Å². The van der Waals surface area contributed by atoms with Crippen LogP contribution in [0.3, 0.4) is 0 Å². The lowest BCUT2D eigenvalue weighted by Gasteiger charge is -2.17. The normalized spacial score (nSPS) is 15.4. The summed E-state index contributed by atoms with van der Waals surface area (Å²) < 4.78 is 2.74. The van der Waals surface area contributed by atoms with E-state index in [1.54, 1.807) is 7.05 Å². The van der Waals surface area contributed by atoms with E-state index in [4.69, 9.17) is 0 Å². The number of hydrogen-bond acceptors (Lipinski definition) is 5. The highest BCUT2D eigenvalue weighted by Gasteiger charge is 2.29. The van der Waals surface area contributed by atoms with Crippen LogP contribution in [0.15, 0.2) is 47.4 Å². The van der Waals surface area contributed by atoms with Crippen LogP contribution in [-0.2, 0) is 13.6 Å². The van der Waals surface area contributed by atoms with Crippen LogP contribution in [0.5, 0.6) is 5.88 Å². The predicted octanol–water partition coefficient (Wildman–Crippen LogP) is 2.98. The maximum Gasteiger partial charge on any atom is 0.331 e. The topological polar surface area (TPSA) is 74.5 Å². The first-order valence-corrected chi connectivity index (χ1v) is 9.98. The number of anilines is 2. The fraction of sp³-hybridized carbons (Fsp3) is 0.318. The van der Waals surface area contributed by atoms with Crippen molar-refractivity contribution in [2.24, 2.45) is 13.0 Å². The lowest BCUT2D eigenvalue weighted by Crippen LogP contribution is -2.37. The molecule has 2 aliphatic rings. The molecule has 0 atom stereocenters. The van der Waals surface area contributed by atoms with Crippen molar-refractivity contribution in [3.05, 3.63) is 64.2 Å². The Bertz CT molecular complexity index is 1130. The molecule has 0 bridgehead atoms. The Hall–Kier alpha value is -3.19. The fourth-order valence-corrected chi connectivity index (χ4v) is 3.95. The minimum absolute atomic E-state index is 0.0303. The zero-order chi connectivity index (χ0) is 20.1. The van der Waals surface area contributed by atoms with Gasteiger partial charge in [0, 0.05) is 13.6 Å². The minimum Gasteiger partial charge on any atom is -0.493 e. The molecule has 2 heterocycles. The molecule has 7 heteroatoms. The Morgan fingerprint density at radius 1 is 1.14 bits per heavy atom. The maximum absolute atomic E-state index is 12.1. The summed E-state index contributed by atoms with van der Waals surface area (Å²) >= 11 is 0. The quantitative estimate of drug-likeness (QED) is 0.624. The highest BCUT2D eigenvalue weighted by molar-refractivity contribution is 5.84. The van der Waals surface area contributed by atoms with E-state index >= 15 is 0 Å². The van der Waals surface area contributed by atoms with Gasteiger partial charge in [-0.2, -0.15) is 0 Å². The maximum atomic E-state index is 12.1. The Morgan fingerprint density at radius 2 is 1.90 bits per heavy atom. The van der Waals surface area contributed by atoms with Crippen molar-refractivity contribution in [1.82, 2.24) is 14.7 Å². The number of imidazole rings is 1. The van der Waals surface area contributed by atoms with E-state index in [2.05, 4.69) is 47.2 Å². The summed E-state index contributed by atoms with van der Waals surface area (Å²) in [5, 5.41) is 11.9. The Morgan fingerprint density at radius 3 is 2.55 bits per heavy atom. The van der Waals surface area contributed by atoms with E-state index in [0.29, 0.717) is 6.54 Å². The van der Waals surface area contributed by atoms with E-state index in [1.807, 2.05) is 12.1 Å². The zero-order valence-corrected chi connectivity index (χ0v) is 16.6. The summed E-state index contributed by atoms with van der Waals surface area (Å²) in [5.74, 6) is 0.777. The third kappa shape index (κ3) is 3.17. The molecule has 150 valence electrons. The number of benzene rings is 2. The van der Waals surface area contributed by atoms with Gasteiger partial charge in [0.15, 0.2) is 0 Å². The number of rotatable bonds is 5. The van der Waals surface area contributed by atoms with Gasteiger partial charge in [-0.1, -0.05) is 30.3 Å². The molecule has 1 fully saturated rings. The van der Waals surface area contributed by atoms with Crippen molar-refractivity contribution >= 4 is 11.4 Å². The first kappa shape index (κ1) is 17.9. The minimum atomic E-state index is -0.227. The molecule has 5 rings (SSSR count). The summed E-state index contributed by atoms with van der Waals surface area (Å²) in [6.07, 6.45) is 4.12. The molecule has 7 nitrogen and oxygen atoms in total. The molecule has 1 aliphatic heterocycles. The number of nitrogens with one attached hydrogen (secondary N) is 2. The van der Waals surface area contributed by atoms with E-state index in [0.717, 1.165) is 29.3 Å². The van der Waals surface area contributed by atoms with Crippen molar-refractivity contribution in [3.8, 4) is 17.0 Å². The molecule has 3 N–H and O–H groups in total. The summed E-state index contributed by atoms with van der Waals surface area (Å²) in [5.41, 5.74) is 13.3. The largest absolute Gasteiger partial charge is 0.493 e. The molecule has 0 amide bonds. The molecule has 3 aromatic rings. The zero-order valence-electron chi connectivity index (χ0n) is 16.6. The first-order valence-electron chi connectivity index (χ1n) is 9.98. The van der Waals surface area contributed by atoms with Gasteiger partial charge in [-0.25, -0.2) is 4.79 Å².